The van der Waals surface area contributed by atoms with Crippen LogP contribution in [0.2, 0.25) is 0 Å². The number of aldehydes is 1. The summed E-state index contributed by atoms with van der Waals surface area (Å²) in [6.07, 6.45) is 2.89. The minimum atomic E-state index is 0.164. The minimum Gasteiger partial charge on any atom is -0.457 e. The Kier molecular flexibility index (Phi) is 4.15. The zero-order chi connectivity index (χ0) is 13.0. The number of amides is 1. The van der Waals surface area contributed by atoms with E-state index in [0.29, 0.717) is 30.9 Å². The Labute approximate surface area is 106 Å². The van der Waals surface area contributed by atoms with Gasteiger partial charge in [0.1, 0.15) is 5.76 Å². The highest BCUT2D eigenvalue weighted by molar-refractivity contribution is 5.78. The van der Waals surface area contributed by atoms with Gasteiger partial charge in [-0.1, -0.05) is 0 Å². The van der Waals surface area contributed by atoms with Crippen LogP contribution in [0.3, 0.4) is 0 Å². The minimum absolute atomic E-state index is 0.164. The summed E-state index contributed by atoms with van der Waals surface area (Å²) in [6.45, 7) is 2.68. The molecule has 1 saturated heterocycles. The molecule has 0 bridgehead atoms. The highest BCUT2D eigenvalue weighted by Gasteiger charge is 2.19. The van der Waals surface area contributed by atoms with E-state index in [1.807, 2.05) is 16.8 Å². The van der Waals surface area contributed by atoms with Crippen molar-refractivity contribution in [2.75, 3.05) is 26.7 Å². The SMILES string of the molecule is CN(CC(=O)N1CCCC1)Cc1ccc(C=O)o1. The van der Waals surface area contributed by atoms with Gasteiger partial charge in [0, 0.05) is 13.1 Å². The number of nitrogens with zero attached hydrogens (tertiary/aromatic N) is 2. The number of furan rings is 1. The average molecular weight is 250 g/mol. The summed E-state index contributed by atoms with van der Waals surface area (Å²) in [4.78, 5) is 26.2. The van der Waals surface area contributed by atoms with E-state index in [-0.39, 0.29) is 5.91 Å². The number of hydrogen-bond donors (Lipinski definition) is 0. The molecule has 1 fully saturated rings. The number of rotatable bonds is 5. The molecule has 5 heteroatoms. The van der Waals surface area contributed by atoms with Gasteiger partial charge in [-0.2, -0.15) is 0 Å². The molecule has 0 aromatic carbocycles. The number of likely N-dealkylation sites (N-methyl/N-ethyl adjacent to an activating group) is 1. The molecule has 0 saturated carbocycles. The van der Waals surface area contributed by atoms with Crippen molar-refractivity contribution in [2.45, 2.75) is 19.4 Å². The van der Waals surface area contributed by atoms with Crippen LogP contribution in [0.5, 0.6) is 0 Å². The van der Waals surface area contributed by atoms with Crippen LogP contribution in [0.15, 0.2) is 16.5 Å². The average Bonchev–Trinajstić information content (AvgIpc) is 2.98. The quantitative estimate of drug-likeness (QED) is 0.735. The fourth-order valence-corrected chi connectivity index (χ4v) is 2.16. The summed E-state index contributed by atoms with van der Waals surface area (Å²) in [6, 6.07) is 3.40. The fraction of sp³-hybridized carbons (Fsp3) is 0.538. The maximum absolute atomic E-state index is 11.9. The highest BCUT2D eigenvalue weighted by atomic mass is 16.3. The van der Waals surface area contributed by atoms with Crippen LogP contribution in [0, 0.1) is 0 Å². The predicted octanol–water partition coefficient (Wildman–Crippen LogP) is 1.15. The van der Waals surface area contributed by atoms with E-state index in [1.54, 1.807) is 12.1 Å². The van der Waals surface area contributed by atoms with Crippen LogP contribution in [0.4, 0.5) is 0 Å². The van der Waals surface area contributed by atoms with E-state index in [4.69, 9.17) is 4.42 Å². The van der Waals surface area contributed by atoms with Crippen LogP contribution in [-0.2, 0) is 11.3 Å². The van der Waals surface area contributed by atoms with E-state index in [2.05, 4.69) is 0 Å². The maximum atomic E-state index is 11.9. The van der Waals surface area contributed by atoms with Gasteiger partial charge < -0.3 is 9.32 Å². The van der Waals surface area contributed by atoms with E-state index in [1.165, 1.54) is 0 Å². The van der Waals surface area contributed by atoms with Crippen molar-refractivity contribution in [2.24, 2.45) is 0 Å². The van der Waals surface area contributed by atoms with E-state index < -0.39 is 0 Å². The molecular formula is C13H18N2O3. The predicted molar refractivity (Wildman–Crippen MR) is 66.2 cm³/mol. The molecule has 1 amide bonds. The summed E-state index contributed by atoms with van der Waals surface area (Å²) in [5.41, 5.74) is 0. The van der Waals surface area contributed by atoms with Crippen LogP contribution in [0.25, 0.3) is 0 Å². The first kappa shape index (κ1) is 12.8. The normalized spacial score (nSPS) is 15.3. The molecule has 0 atom stereocenters. The molecule has 0 radical (unpaired) electrons. The molecule has 0 spiro atoms. The highest BCUT2D eigenvalue weighted by Crippen LogP contribution is 2.10. The number of carbonyl (C=O) groups excluding carboxylic acids is 2. The molecule has 2 heterocycles. The maximum Gasteiger partial charge on any atom is 0.236 e. The van der Waals surface area contributed by atoms with Gasteiger partial charge in [-0.25, -0.2) is 0 Å². The Morgan fingerprint density at radius 3 is 2.78 bits per heavy atom. The summed E-state index contributed by atoms with van der Waals surface area (Å²) in [7, 11) is 1.87. The topological polar surface area (TPSA) is 53.8 Å². The van der Waals surface area contributed by atoms with Crippen molar-refractivity contribution < 1.29 is 14.0 Å². The largest absolute Gasteiger partial charge is 0.457 e. The fourth-order valence-electron chi connectivity index (χ4n) is 2.16. The van der Waals surface area contributed by atoms with E-state index >= 15 is 0 Å². The third-order valence-corrected chi connectivity index (χ3v) is 3.09. The number of carbonyl (C=O) groups is 2. The summed E-state index contributed by atoms with van der Waals surface area (Å²) >= 11 is 0. The van der Waals surface area contributed by atoms with Crippen molar-refractivity contribution in [3.8, 4) is 0 Å². The monoisotopic (exact) mass is 250 g/mol. The lowest BCUT2D eigenvalue weighted by Crippen LogP contribution is -2.36. The standard InChI is InChI=1S/C13H18N2O3/c1-14(8-11-4-5-12(10-16)18-11)9-13(17)15-6-2-3-7-15/h4-5,10H,2-3,6-9H2,1H3. The first-order chi connectivity index (χ1) is 8.69. The molecule has 2 rings (SSSR count). The van der Waals surface area contributed by atoms with E-state index in [0.717, 1.165) is 25.9 Å². The first-order valence-corrected chi connectivity index (χ1v) is 6.19. The smallest absolute Gasteiger partial charge is 0.236 e. The molecule has 5 nitrogen and oxygen atoms in total. The second-order valence-corrected chi connectivity index (χ2v) is 4.68. The molecule has 1 aliphatic heterocycles. The number of likely N-dealkylation sites (tertiary alicyclic amines) is 1. The van der Waals surface area contributed by atoms with Crippen molar-refractivity contribution in [3.05, 3.63) is 23.7 Å². The van der Waals surface area contributed by atoms with Crippen molar-refractivity contribution >= 4 is 12.2 Å². The molecule has 0 aliphatic carbocycles. The second kappa shape index (κ2) is 5.82. The Morgan fingerprint density at radius 2 is 2.17 bits per heavy atom. The molecule has 1 aromatic heterocycles. The van der Waals surface area contributed by atoms with Gasteiger partial charge in [0.05, 0.1) is 13.1 Å². The molecule has 1 aliphatic rings. The lowest BCUT2D eigenvalue weighted by Gasteiger charge is -2.20. The zero-order valence-electron chi connectivity index (χ0n) is 10.6. The summed E-state index contributed by atoms with van der Waals surface area (Å²) in [5, 5.41) is 0. The van der Waals surface area contributed by atoms with Crippen LogP contribution in [-0.4, -0.2) is 48.7 Å². The summed E-state index contributed by atoms with van der Waals surface area (Å²) in [5.74, 6) is 1.19. The van der Waals surface area contributed by atoms with Gasteiger partial charge in [-0.15, -0.1) is 0 Å². The van der Waals surface area contributed by atoms with Gasteiger partial charge >= 0.3 is 0 Å². The lowest BCUT2D eigenvalue weighted by atomic mass is 10.4. The van der Waals surface area contributed by atoms with Crippen LogP contribution >= 0.6 is 0 Å². The van der Waals surface area contributed by atoms with Gasteiger partial charge in [-0.3, -0.25) is 14.5 Å². The Morgan fingerprint density at radius 1 is 1.44 bits per heavy atom. The van der Waals surface area contributed by atoms with Crippen molar-refractivity contribution in [1.82, 2.24) is 9.80 Å². The first-order valence-electron chi connectivity index (χ1n) is 6.19. The Bertz CT molecular complexity index is 422. The Hall–Kier alpha value is -1.62. The van der Waals surface area contributed by atoms with Crippen molar-refractivity contribution in [3.63, 3.8) is 0 Å². The van der Waals surface area contributed by atoms with Gasteiger partial charge in [-0.05, 0) is 32.0 Å². The zero-order valence-corrected chi connectivity index (χ0v) is 10.6. The molecule has 0 N–H and O–H groups in total. The van der Waals surface area contributed by atoms with Crippen molar-refractivity contribution in [1.29, 1.82) is 0 Å². The van der Waals surface area contributed by atoms with E-state index in [9.17, 15) is 9.59 Å². The van der Waals surface area contributed by atoms with Crippen LogP contribution < -0.4 is 0 Å². The number of hydrogen-bond acceptors (Lipinski definition) is 4. The third-order valence-electron chi connectivity index (χ3n) is 3.09. The molecule has 18 heavy (non-hydrogen) atoms. The lowest BCUT2D eigenvalue weighted by molar-refractivity contribution is -0.131. The molecule has 1 aromatic rings. The molecular weight excluding hydrogens is 232 g/mol. The van der Waals surface area contributed by atoms with Gasteiger partial charge in [0.2, 0.25) is 5.91 Å². The van der Waals surface area contributed by atoms with Gasteiger partial charge in [0.15, 0.2) is 12.0 Å². The summed E-state index contributed by atoms with van der Waals surface area (Å²) < 4.78 is 5.28. The second-order valence-electron chi connectivity index (χ2n) is 4.68. The molecule has 0 unspecified atom stereocenters. The van der Waals surface area contributed by atoms with Gasteiger partial charge in [0.25, 0.3) is 0 Å². The Balaban J connectivity index is 1.82. The van der Waals surface area contributed by atoms with Crippen LogP contribution in [0.1, 0.15) is 29.2 Å². The molecule has 98 valence electrons. The third kappa shape index (κ3) is 3.20.